The van der Waals surface area contributed by atoms with Gasteiger partial charge in [-0.1, -0.05) is 19.3 Å². The minimum absolute atomic E-state index is 0.0429. The van der Waals surface area contributed by atoms with Gasteiger partial charge in [0.2, 0.25) is 0 Å². The lowest BCUT2D eigenvalue weighted by Crippen LogP contribution is -2.59. The standard InChI is InChI=1S/C20H29BrN2O4/c1-25-16-12-15(13-17(26-2)18(16)21)19(24)22-14-20(6-4-3-5-7-20)23-8-10-27-11-9-23/h12-13H,3-11,14H2,1-2H3,(H,22,24). The van der Waals surface area contributed by atoms with Crippen LogP contribution in [-0.4, -0.2) is 63.4 Å². The second-order valence-corrected chi connectivity index (χ2v) is 8.05. The first-order valence-corrected chi connectivity index (χ1v) is 10.4. The van der Waals surface area contributed by atoms with Gasteiger partial charge in [0.1, 0.15) is 16.0 Å². The SMILES string of the molecule is COc1cc(C(=O)NCC2(N3CCOCC3)CCCCC2)cc(OC)c1Br. The molecular weight excluding hydrogens is 412 g/mol. The van der Waals surface area contributed by atoms with Gasteiger partial charge in [-0.3, -0.25) is 9.69 Å². The molecule has 27 heavy (non-hydrogen) atoms. The van der Waals surface area contributed by atoms with Crippen LogP contribution in [0.1, 0.15) is 42.5 Å². The van der Waals surface area contributed by atoms with Crippen LogP contribution in [0.15, 0.2) is 16.6 Å². The molecular formula is C20H29BrN2O4. The maximum Gasteiger partial charge on any atom is 0.251 e. The molecule has 1 saturated heterocycles. The minimum atomic E-state index is -0.0997. The van der Waals surface area contributed by atoms with E-state index < -0.39 is 0 Å². The Morgan fingerprint density at radius 2 is 1.74 bits per heavy atom. The molecule has 1 amide bonds. The number of carbonyl (C=O) groups excluding carboxylic acids is 1. The first kappa shape index (κ1) is 20.4. The van der Waals surface area contributed by atoms with Crippen molar-refractivity contribution in [1.82, 2.24) is 10.2 Å². The Hall–Kier alpha value is -1.31. The lowest BCUT2D eigenvalue weighted by atomic mass is 9.79. The highest BCUT2D eigenvalue weighted by Gasteiger charge is 2.38. The summed E-state index contributed by atoms with van der Waals surface area (Å²) in [6, 6.07) is 3.48. The Balaban J connectivity index is 1.74. The van der Waals surface area contributed by atoms with E-state index in [0.717, 1.165) is 39.1 Å². The largest absolute Gasteiger partial charge is 0.495 e. The van der Waals surface area contributed by atoms with Gasteiger partial charge in [0.05, 0.1) is 27.4 Å². The van der Waals surface area contributed by atoms with Crippen LogP contribution in [0.5, 0.6) is 11.5 Å². The van der Waals surface area contributed by atoms with E-state index in [4.69, 9.17) is 14.2 Å². The van der Waals surface area contributed by atoms with Gasteiger partial charge in [-0.2, -0.15) is 0 Å². The molecule has 1 N–H and O–H groups in total. The first-order chi connectivity index (χ1) is 13.1. The molecule has 0 bridgehead atoms. The number of morpholine rings is 1. The predicted molar refractivity (Wildman–Crippen MR) is 108 cm³/mol. The van der Waals surface area contributed by atoms with E-state index >= 15 is 0 Å². The lowest BCUT2D eigenvalue weighted by molar-refractivity contribution is -0.0361. The molecule has 6 nitrogen and oxygen atoms in total. The van der Waals surface area contributed by atoms with Gasteiger partial charge in [-0.15, -0.1) is 0 Å². The van der Waals surface area contributed by atoms with Crippen molar-refractivity contribution in [2.45, 2.75) is 37.6 Å². The van der Waals surface area contributed by atoms with Crippen LogP contribution < -0.4 is 14.8 Å². The molecule has 0 aromatic heterocycles. The number of hydrogen-bond donors (Lipinski definition) is 1. The molecule has 1 aliphatic carbocycles. The monoisotopic (exact) mass is 440 g/mol. The van der Waals surface area contributed by atoms with E-state index in [9.17, 15) is 4.79 Å². The number of nitrogens with one attached hydrogen (secondary N) is 1. The van der Waals surface area contributed by atoms with Crippen molar-refractivity contribution in [3.8, 4) is 11.5 Å². The Morgan fingerprint density at radius 3 is 2.30 bits per heavy atom. The van der Waals surface area contributed by atoms with Gasteiger partial charge < -0.3 is 19.5 Å². The molecule has 2 fully saturated rings. The third kappa shape index (κ3) is 4.58. The van der Waals surface area contributed by atoms with Gasteiger partial charge in [-0.25, -0.2) is 0 Å². The fraction of sp³-hybridized carbons (Fsp3) is 0.650. The summed E-state index contributed by atoms with van der Waals surface area (Å²) in [5.74, 6) is 1.07. The minimum Gasteiger partial charge on any atom is -0.495 e. The first-order valence-electron chi connectivity index (χ1n) is 9.62. The van der Waals surface area contributed by atoms with Crippen LogP contribution in [0, 0.1) is 0 Å². The Morgan fingerprint density at radius 1 is 1.15 bits per heavy atom. The topological polar surface area (TPSA) is 60.0 Å². The smallest absolute Gasteiger partial charge is 0.251 e. The predicted octanol–water partition coefficient (Wildman–Crippen LogP) is 3.23. The number of rotatable bonds is 6. The number of ether oxygens (including phenoxy) is 3. The van der Waals surface area contributed by atoms with E-state index in [1.165, 1.54) is 19.3 Å². The third-order valence-corrected chi connectivity index (χ3v) is 6.53. The maximum absolute atomic E-state index is 12.9. The summed E-state index contributed by atoms with van der Waals surface area (Å²) in [6.45, 7) is 4.09. The fourth-order valence-corrected chi connectivity index (χ4v) is 4.75. The molecule has 1 aromatic rings. The van der Waals surface area contributed by atoms with Crippen LogP contribution >= 0.6 is 15.9 Å². The molecule has 0 radical (unpaired) electrons. The maximum atomic E-state index is 12.9. The van der Waals surface area contributed by atoms with Crippen LogP contribution in [0.2, 0.25) is 0 Å². The molecule has 1 aliphatic heterocycles. The highest BCUT2D eigenvalue weighted by molar-refractivity contribution is 9.10. The number of hydrogen-bond acceptors (Lipinski definition) is 5. The van der Waals surface area contributed by atoms with Crippen molar-refractivity contribution in [1.29, 1.82) is 0 Å². The number of methoxy groups -OCH3 is 2. The molecule has 0 spiro atoms. The van der Waals surface area contributed by atoms with Gasteiger partial charge in [-0.05, 0) is 40.9 Å². The number of carbonyl (C=O) groups is 1. The summed E-state index contributed by atoms with van der Waals surface area (Å²) in [7, 11) is 3.16. The second kappa shape index (κ2) is 9.26. The Labute approximate surface area is 169 Å². The number of benzene rings is 1. The zero-order valence-corrected chi connectivity index (χ0v) is 17.8. The third-order valence-electron chi connectivity index (χ3n) is 5.75. The summed E-state index contributed by atoms with van der Waals surface area (Å²) in [4.78, 5) is 15.4. The number of amides is 1. The van der Waals surface area contributed by atoms with Gasteiger partial charge in [0.25, 0.3) is 5.91 Å². The molecule has 3 rings (SSSR count). The van der Waals surface area contributed by atoms with Crippen LogP contribution in [0.3, 0.4) is 0 Å². The molecule has 1 aromatic carbocycles. The van der Waals surface area contributed by atoms with E-state index in [1.807, 2.05) is 0 Å². The molecule has 1 saturated carbocycles. The fourth-order valence-electron chi connectivity index (χ4n) is 4.20. The Kier molecular flexibility index (Phi) is 7.00. The van der Waals surface area contributed by atoms with E-state index in [1.54, 1.807) is 26.4 Å². The summed E-state index contributed by atoms with van der Waals surface area (Å²) in [5, 5.41) is 3.18. The van der Waals surface area contributed by atoms with Gasteiger partial charge in [0, 0.05) is 30.7 Å². The molecule has 0 unspecified atom stereocenters. The summed E-state index contributed by atoms with van der Waals surface area (Å²) in [6.07, 6.45) is 5.96. The Bertz CT molecular complexity index is 630. The average Bonchev–Trinajstić information content (AvgIpc) is 2.73. The summed E-state index contributed by atoms with van der Waals surface area (Å²) >= 11 is 3.45. The highest BCUT2D eigenvalue weighted by Crippen LogP contribution is 2.36. The second-order valence-electron chi connectivity index (χ2n) is 7.26. The van der Waals surface area contributed by atoms with Crippen molar-refractivity contribution in [3.05, 3.63) is 22.2 Å². The van der Waals surface area contributed by atoms with Gasteiger partial charge in [0.15, 0.2) is 0 Å². The number of nitrogens with zero attached hydrogens (tertiary/aromatic N) is 1. The van der Waals surface area contributed by atoms with Crippen molar-refractivity contribution in [2.24, 2.45) is 0 Å². The quantitative estimate of drug-likeness (QED) is 0.735. The molecule has 1 heterocycles. The zero-order chi connectivity index (χ0) is 19.3. The highest BCUT2D eigenvalue weighted by atomic mass is 79.9. The number of halogens is 1. The molecule has 7 heteroatoms. The van der Waals surface area contributed by atoms with E-state index in [0.29, 0.717) is 28.1 Å². The van der Waals surface area contributed by atoms with Crippen molar-refractivity contribution in [3.63, 3.8) is 0 Å². The lowest BCUT2D eigenvalue weighted by Gasteiger charge is -2.48. The molecule has 0 atom stereocenters. The van der Waals surface area contributed by atoms with Crippen molar-refractivity contribution < 1.29 is 19.0 Å². The zero-order valence-electron chi connectivity index (χ0n) is 16.2. The summed E-state index contributed by atoms with van der Waals surface area (Å²) < 4.78 is 17.0. The molecule has 2 aliphatic rings. The van der Waals surface area contributed by atoms with Crippen molar-refractivity contribution in [2.75, 3.05) is 47.1 Å². The average molecular weight is 441 g/mol. The van der Waals surface area contributed by atoms with Crippen LogP contribution in [-0.2, 0) is 4.74 Å². The van der Waals surface area contributed by atoms with Crippen LogP contribution in [0.4, 0.5) is 0 Å². The van der Waals surface area contributed by atoms with Crippen molar-refractivity contribution >= 4 is 21.8 Å². The summed E-state index contributed by atoms with van der Waals surface area (Å²) in [5.41, 5.74) is 0.584. The van der Waals surface area contributed by atoms with Gasteiger partial charge >= 0.3 is 0 Å². The van der Waals surface area contributed by atoms with Crippen LogP contribution in [0.25, 0.3) is 0 Å². The normalized spacial score (nSPS) is 20.1. The van der Waals surface area contributed by atoms with E-state index in [-0.39, 0.29) is 11.4 Å². The molecule has 150 valence electrons. The van der Waals surface area contributed by atoms with E-state index in [2.05, 4.69) is 26.1 Å².